The zero-order valence-corrected chi connectivity index (χ0v) is 21.6. The standard InChI is InChI=1S/C27H25Cl2N3O4/c1-27(2,3)23-9-14(13-32-23)8-16(33)10-15-4-5-22(25(29)24(15)28)36-21-6-7-31-19-12-20(34)18(26(30)35)11-17(19)21/h4-7,9,11-12,34H,8,10,13H2,1-3H3,(H2,30,35). The Balaban J connectivity index is 1.53. The number of halogens is 2. The van der Waals surface area contributed by atoms with Gasteiger partial charge in [0.15, 0.2) is 0 Å². The third kappa shape index (κ3) is 5.37. The van der Waals surface area contributed by atoms with Crippen molar-refractivity contribution in [3.8, 4) is 17.2 Å². The van der Waals surface area contributed by atoms with E-state index in [2.05, 4.69) is 30.7 Å². The summed E-state index contributed by atoms with van der Waals surface area (Å²) in [5.41, 5.74) is 8.21. The first-order chi connectivity index (χ1) is 16.9. The number of aliphatic imine (C=N–C) groups is 1. The number of rotatable bonds is 7. The van der Waals surface area contributed by atoms with Crippen LogP contribution in [-0.4, -0.2) is 34.0 Å². The number of Topliss-reactive ketones (excluding diaryl/α,β-unsaturated/α-hetero) is 1. The zero-order valence-electron chi connectivity index (χ0n) is 20.1. The number of nitrogens with two attached hydrogens (primary N) is 1. The Kier molecular flexibility index (Phi) is 7.07. The van der Waals surface area contributed by atoms with Gasteiger partial charge in [-0.15, -0.1) is 0 Å². The second-order valence-corrected chi connectivity index (χ2v) is 10.4. The SMILES string of the molecule is CC(C)(C)C1=NCC(CC(=O)Cc2ccc(Oc3ccnc4cc(O)c(C(N)=O)cc34)c(Cl)c2Cl)=C1. The van der Waals surface area contributed by atoms with Gasteiger partial charge in [0.25, 0.3) is 5.91 Å². The fourth-order valence-electron chi connectivity index (χ4n) is 3.91. The Bertz CT molecular complexity index is 1460. The number of ether oxygens (including phenoxy) is 1. The van der Waals surface area contributed by atoms with Crippen molar-refractivity contribution in [1.29, 1.82) is 0 Å². The van der Waals surface area contributed by atoms with Crippen LogP contribution in [0.3, 0.4) is 0 Å². The van der Waals surface area contributed by atoms with Crippen LogP contribution < -0.4 is 10.5 Å². The van der Waals surface area contributed by atoms with E-state index >= 15 is 0 Å². The number of nitrogens with zero attached hydrogens (tertiary/aromatic N) is 2. The lowest BCUT2D eigenvalue weighted by Crippen LogP contribution is -2.16. The van der Waals surface area contributed by atoms with Gasteiger partial charge in [-0.3, -0.25) is 19.6 Å². The van der Waals surface area contributed by atoms with E-state index in [-0.39, 0.29) is 44.7 Å². The number of pyridine rings is 1. The summed E-state index contributed by atoms with van der Waals surface area (Å²) in [4.78, 5) is 33.1. The van der Waals surface area contributed by atoms with E-state index in [1.807, 2.05) is 6.08 Å². The van der Waals surface area contributed by atoms with Crippen LogP contribution in [0, 0.1) is 5.41 Å². The molecule has 4 rings (SSSR count). The van der Waals surface area contributed by atoms with Crippen molar-refractivity contribution in [1.82, 2.24) is 4.98 Å². The molecule has 0 aliphatic carbocycles. The summed E-state index contributed by atoms with van der Waals surface area (Å²) < 4.78 is 5.99. The highest BCUT2D eigenvalue weighted by Crippen LogP contribution is 2.40. The first kappa shape index (κ1) is 25.7. The van der Waals surface area contributed by atoms with Gasteiger partial charge < -0.3 is 15.6 Å². The molecule has 0 saturated heterocycles. The van der Waals surface area contributed by atoms with Crippen LogP contribution in [0.25, 0.3) is 10.9 Å². The van der Waals surface area contributed by atoms with Crippen LogP contribution in [0.1, 0.15) is 43.1 Å². The summed E-state index contributed by atoms with van der Waals surface area (Å²) >= 11 is 13.0. The number of fused-ring (bicyclic) bond motifs is 1. The van der Waals surface area contributed by atoms with Crippen molar-refractivity contribution in [3.05, 3.63) is 69.3 Å². The fraction of sp³-hybridized carbons (Fsp3) is 0.259. The summed E-state index contributed by atoms with van der Waals surface area (Å²) in [6.45, 7) is 6.81. The van der Waals surface area contributed by atoms with Gasteiger partial charge in [-0.2, -0.15) is 0 Å². The molecule has 3 N–H and O–H groups in total. The molecule has 1 aliphatic heterocycles. The van der Waals surface area contributed by atoms with E-state index in [9.17, 15) is 14.7 Å². The van der Waals surface area contributed by atoms with E-state index in [1.54, 1.807) is 18.2 Å². The Hall–Kier alpha value is -3.42. The molecule has 9 heteroatoms. The van der Waals surface area contributed by atoms with Gasteiger partial charge in [-0.1, -0.05) is 50.0 Å². The lowest BCUT2D eigenvalue weighted by Gasteiger charge is -2.16. The van der Waals surface area contributed by atoms with Crippen LogP contribution >= 0.6 is 23.2 Å². The Morgan fingerprint density at radius 3 is 2.50 bits per heavy atom. The number of amides is 1. The largest absolute Gasteiger partial charge is 0.507 e. The third-order valence-electron chi connectivity index (χ3n) is 5.80. The molecule has 0 saturated carbocycles. The lowest BCUT2D eigenvalue weighted by atomic mass is 9.89. The van der Waals surface area contributed by atoms with Crippen molar-refractivity contribution in [2.45, 2.75) is 33.6 Å². The fourth-order valence-corrected chi connectivity index (χ4v) is 4.35. The molecule has 36 heavy (non-hydrogen) atoms. The number of hydrogen-bond donors (Lipinski definition) is 2. The first-order valence-electron chi connectivity index (χ1n) is 11.3. The molecular formula is C27H25Cl2N3O4. The van der Waals surface area contributed by atoms with E-state index in [0.29, 0.717) is 35.2 Å². The smallest absolute Gasteiger partial charge is 0.252 e. The van der Waals surface area contributed by atoms with Gasteiger partial charge in [0.1, 0.15) is 28.1 Å². The minimum absolute atomic E-state index is 0.0113. The average Bonchev–Trinajstić information content (AvgIpc) is 3.27. The van der Waals surface area contributed by atoms with Crippen molar-refractivity contribution in [3.63, 3.8) is 0 Å². The molecule has 3 aromatic rings. The topological polar surface area (TPSA) is 115 Å². The Morgan fingerprint density at radius 2 is 1.83 bits per heavy atom. The average molecular weight is 526 g/mol. The van der Waals surface area contributed by atoms with E-state index in [4.69, 9.17) is 33.7 Å². The molecule has 0 fully saturated rings. The van der Waals surface area contributed by atoms with Crippen molar-refractivity contribution in [2.75, 3.05) is 6.54 Å². The number of hydrogen-bond acceptors (Lipinski definition) is 6. The molecule has 7 nitrogen and oxygen atoms in total. The molecule has 1 aromatic heterocycles. The van der Waals surface area contributed by atoms with Crippen LogP contribution in [0.4, 0.5) is 0 Å². The molecule has 0 radical (unpaired) electrons. The molecule has 1 aliphatic rings. The molecule has 0 bridgehead atoms. The quantitative estimate of drug-likeness (QED) is 0.388. The molecular weight excluding hydrogens is 501 g/mol. The second-order valence-electron chi connectivity index (χ2n) is 9.66. The first-order valence-corrected chi connectivity index (χ1v) is 12.0. The summed E-state index contributed by atoms with van der Waals surface area (Å²) in [6.07, 6.45) is 3.93. The van der Waals surface area contributed by atoms with E-state index in [0.717, 1.165) is 11.3 Å². The Labute approximate surface area is 218 Å². The highest BCUT2D eigenvalue weighted by Gasteiger charge is 2.23. The highest BCUT2D eigenvalue weighted by atomic mass is 35.5. The summed E-state index contributed by atoms with van der Waals surface area (Å²) in [5.74, 6) is -0.441. The minimum atomic E-state index is -0.783. The summed E-state index contributed by atoms with van der Waals surface area (Å²) in [6, 6.07) is 7.67. The number of phenols is 1. The molecule has 2 aromatic carbocycles. The highest BCUT2D eigenvalue weighted by molar-refractivity contribution is 6.43. The maximum atomic E-state index is 12.7. The van der Waals surface area contributed by atoms with Gasteiger partial charge in [0, 0.05) is 41.6 Å². The predicted octanol–water partition coefficient (Wildman–Crippen LogP) is 6.07. The molecule has 0 atom stereocenters. The number of carbonyl (C=O) groups excluding carboxylic acids is 2. The van der Waals surface area contributed by atoms with Gasteiger partial charge in [-0.25, -0.2) is 0 Å². The van der Waals surface area contributed by atoms with Gasteiger partial charge >= 0.3 is 0 Å². The third-order valence-corrected chi connectivity index (χ3v) is 6.71. The Morgan fingerprint density at radius 1 is 1.08 bits per heavy atom. The number of primary amides is 1. The number of allylic oxidation sites excluding steroid dienone is 1. The van der Waals surface area contributed by atoms with Gasteiger partial charge in [0.05, 0.1) is 22.6 Å². The van der Waals surface area contributed by atoms with E-state index in [1.165, 1.54) is 18.3 Å². The minimum Gasteiger partial charge on any atom is -0.507 e. The zero-order chi connectivity index (χ0) is 26.2. The van der Waals surface area contributed by atoms with Crippen molar-refractivity contribution < 1.29 is 19.4 Å². The molecule has 0 spiro atoms. The summed E-state index contributed by atoms with van der Waals surface area (Å²) in [7, 11) is 0. The van der Waals surface area contributed by atoms with Crippen LogP contribution in [0.5, 0.6) is 17.2 Å². The lowest BCUT2D eigenvalue weighted by molar-refractivity contribution is -0.117. The molecule has 186 valence electrons. The van der Waals surface area contributed by atoms with Crippen LogP contribution in [0.15, 0.2) is 53.2 Å². The monoisotopic (exact) mass is 525 g/mol. The van der Waals surface area contributed by atoms with Crippen molar-refractivity contribution >= 4 is 51.5 Å². The number of aromatic hydroxyl groups is 1. The molecule has 2 heterocycles. The number of benzene rings is 2. The second kappa shape index (κ2) is 9.91. The normalized spacial score (nSPS) is 13.5. The van der Waals surface area contributed by atoms with Crippen LogP contribution in [-0.2, 0) is 11.2 Å². The molecule has 0 unspecified atom stereocenters. The molecule has 1 amide bonds. The van der Waals surface area contributed by atoms with E-state index < -0.39 is 5.91 Å². The van der Waals surface area contributed by atoms with Crippen LogP contribution in [0.2, 0.25) is 10.0 Å². The summed E-state index contributed by atoms with van der Waals surface area (Å²) in [5, 5.41) is 10.9. The number of ketones is 1. The maximum Gasteiger partial charge on any atom is 0.252 e. The maximum absolute atomic E-state index is 12.7. The number of carbonyl (C=O) groups is 2. The predicted molar refractivity (Wildman–Crippen MR) is 142 cm³/mol. The number of aromatic nitrogens is 1. The van der Waals surface area contributed by atoms with Gasteiger partial charge in [0.2, 0.25) is 0 Å². The van der Waals surface area contributed by atoms with Gasteiger partial charge in [-0.05, 0) is 35.4 Å². The van der Waals surface area contributed by atoms with Crippen molar-refractivity contribution in [2.24, 2.45) is 16.1 Å².